The molecule has 14 heteroatoms. The second-order valence-electron chi connectivity index (χ2n) is 8.27. The van der Waals surface area contributed by atoms with Crippen molar-refractivity contribution in [1.29, 1.82) is 0 Å². The predicted octanol–water partition coefficient (Wildman–Crippen LogP) is 3.78. The average Bonchev–Trinajstić information content (AvgIpc) is 2.95. The lowest BCUT2D eigenvalue weighted by atomic mass is 10.1. The minimum absolute atomic E-state index is 0.110. The fraction of sp³-hybridized carbons (Fsp3) is 0.333. The van der Waals surface area contributed by atoms with Crippen molar-refractivity contribution < 1.29 is 35.5 Å². The molecule has 1 N–H and O–H groups in total. The van der Waals surface area contributed by atoms with E-state index in [9.17, 15) is 30.8 Å². The molecule has 1 saturated heterocycles. The SMILES string of the molecule is Cc1nn(C2CN(Cc3cc(Cl)cc(OC(F)(F)F)c3)C2)c2cc(F)c(C(=O)NS(C)(=O)=O)cc12. The van der Waals surface area contributed by atoms with E-state index in [1.54, 1.807) is 22.4 Å². The van der Waals surface area contributed by atoms with E-state index in [0.717, 1.165) is 18.4 Å². The largest absolute Gasteiger partial charge is 0.573 e. The molecule has 4 rings (SSSR count). The van der Waals surface area contributed by atoms with E-state index in [1.807, 2.05) is 4.90 Å². The third-order valence-corrected chi connectivity index (χ3v) is 6.13. The second kappa shape index (κ2) is 8.95. The van der Waals surface area contributed by atoms with E-state index in [1.165, 1.54) is 12.1 Å². The standard InChI is InChI=1S/C21H19ClF4N4O4S/c1-11-16-6-17(20(31)28-35(2,32)33)18(23)7-19(16)30(27-11)14-9-29(10-14)8-12-3-13(22)5-15(4-12)34-21(24,25)26/h3-7,14H,8-10H2,1-2H3,(H,28,31). The first kappa shape index (κ1) is 25.2. The summed E-state index contributed by atoms with van der Waals surface area (Å²) in [6.45, 7) is 2.96. The van der Waals surface area contributed by atoms with Gasteiger partial charge in [-0.05, 0) is 36.8 Å². The van der Waals surface area contributed by atoms with Gasteiger partial charge in [0.1, 0.15) is 11.6 Å². The molecule has 0 atom stereocenters. The van der Waals surface area contributed by atoms with Crippen molar-refractivity contribution in [2.24, 2.45) is 0 Å². The number of amides is 1. The van der Waals surface area contributed by atoms with Crippen LogP contribution < -0.4 is 9.46 Å². The zero-order chi connectivity index (χ0) is 25.7. The molecule has 1 aliphatic heterocycles. The molecule has 8 nitrogen and oxygen atoms in total. The first-order chi connectivity index (χ1) is 16.2. The van der Waals surface area contributed by atoms with Gasteiger partial charge in [0.2, 0.25) is 10.0 Å². The third-order valence-electron chi connectivity index (χ3n) is 5.36. The molecule has 1 amide bonds. The van der Waals surface area contributed by atoms with Gasteiger partial charge in [0.05, 0.1) is 29.1 Å². The van der Waals surface area contributed by atoms with Gasteiger partial charge in [-0.2, -0.15) is 5.10 Å². The molecular weight excluding hydrogens is 516 g/mol. The minimum Gasteiger partial charge on any atom is -0.406 e. The van der Waals surface area contributed by atoms with Crippen LogP contribution in [-0.2, 0) is 16.6 Å². The number of ether oxygens (including phenoxy) is 1. The fourth-order valence-electron chi connectivity index (χ4n) is 3.98. The van der Waals surface area contributed by atoms with Crippen LogP contribution in [0.1, 0.15) is 27.7 Å². The second-order valence-corrected chi connectivity index (χ2v) is 10.5. The van der Waals surface area contributed by atoms with Gasteiger partial charge in [-0.25, -0.2) is 17.5 Å². The number of carbonyl (C=O) groups excluding carboxylic acids is 1. The smallest absolute Gasteiger partial charge is 0.406 e. The summed E-state index contributed by atoms with van der Waals surface area (Å²) >= 11 is 5.92. The Bertz CT molecular complexity index is 1420. The number of aromatic nitrogens is 2. The van der Waals surface area contributed by atoms with Gasteiger partial charge in [0.15, 0.2) is 0 Å². The van der Waals surface area contributed by atoms with E-state index >= 15 is 0 Å². The van der Waals surface area contributed by atoms with Crippen LogP contribution in [0.15, 0.2) is 30.3 Å². The van der Waals surface area contributed by atoms with Crippen molar-refractivity contribution in [2.75, 3.05) is 19.3 Å². The molecule has 2 aromatic carbocycles. The van der Waals surface area contributed by atoms with Crippen molar-refractivity contribution in [1.82, 2.24) is 19.4 Å². The third kappa shape index (κ3) is 5.85. The van der Waals surface area contributed by atoms with Crippen molar-refractivity contribution in [3.8, 4) is 5.75 Å². The molecule has 0 saturated carbocycles. The molecular formula is C21H19ClF4N4O4S. The number of nitrogens with zero attached hydrogens (tertiary/aromatic N) is 3. The Morgan fingerprint density at radius 2 is 1.91 bits per heavy atom. The quantitative estimate of drug-likeness (QED) is 0.484. The minimum atomic E-state index is -4.83. The summed E-state index contributed by atoms with van der Waals surface area (Å²) in [7, 11) is -3.87. The van der Waals surface area contributed by atoms with Crippen LogP contribution in [0.3, 0.4) is 0 Å². The maximum absolute atomic E-state index is 14.7. The number of nitrogens with one attached hydrogen (secondary N) is 1. The summed E-state index contributed by atoms with van der Waals surface area (Å²) in [5.41, 5.74) is 1.07. The molecule has 0 unspecified atom stereocenters. The number of likely N-dealkylation sites (tertiary alicyclic amines) is 1. The molecule has 188 valence electrons. The summed E-state index contributed by atoms with van der Waals surface area (Å²) in [5.74, 6) is -2.38. The zero-order valence-corrected chi connectivity index (χ0v) is 19.9. The number of hydrogen-bond acceptors (Lipinski definition) is 6. The van der Waals surface area contributed by atoms with Crippen LogP contribution >= 0.6 is 11.6 Å². The molecule has 0 spiro atoms. The van der Waals surface area contributed by atoms with Gasteiger partial charge in [0, 0.05) is 36.1 Å². The maximum atomic E-state index is 14.7. The Kier molecular flexibility index (Phi) is 6.45. The summed E-state index contributed by atoms with van der Waals surface area (Å²) in [6, 6.07) is 6.13. The number of hydrogen-bond donors (Lipinski definition) is 1. The molecule has 2 heterocycles. The van der Waals surface area contributed by atoms with Crippen molar-refractivity contribution in [2.45, 2.75) is 25.9 Å². The van der Waals surface area contributed by atoms with Crippen LogP contribution in [0.25, 0.3) is 10.9 Å². The topological polar surface area (TPSA) is 93.5 Å². The van der Waals surface area contributed by atoms with Crippen LogP contribution in [-0.4, -0.2) is 54.7 Å². The Balaban J connectivity index is 1.50. The molecule has 0 bridgehead atoms. The molecule has 0 aliphatic carbocycles. The van der Waals surface area contributed by atoms with Crippen LogP contribution in [0.2, 0.25) is 5.02 Å². The van der Waals surface area contributed by atoms with Crippen molar-refractivity contribution in [3.63, 3.8) is 0 Å². The predicted molar refractivity (Wildman–Crippen MR) is 119 cm³/mol. The number of halogens is 5. The lowest BCUT2D eigenvalue weighted by molar-refractivity contribution is -0.274. The van der Waals surface area contributed by atoms with Crippen molar-refractivity contribution >= 4 is 38.4 Å². The Morgan fingerprint density at radius 1 is 1.23 bits per heavy atom. The highest BCUT2D eigenvalue weighted by molar-refractivity contribution is 7.89. The van der Waals surface area contributed by atoms with Gasteiger partial charge < -0.3 is 4.74 Å². The number of benzene rings is 2. The van der Waals surface area contributed by atoms with E-state index in [4.69, 9.17) is 11.6 Å². The summed E-state index contributed by atoms with van der Waals surface area (Å²) < 4.78 is 82.2. The number of carbonyl (C=O) groups is 1. The monoisotopic (exact) mass is 534 g/mol. The first-order valence-electron chi connectivity index (χ1n) is 10.2. The number of alkyl halides is 3. The Hall–Kier alpha value is -2.90. The maximum Gasteiger partial charge on any atom is 0.573 e. The molecule has 3 aromatic rings. The normalized spacial score (nSPS) is 15.3. The lowest BCUT2D eigenvalue weighted by Gasteiger charge is -2.39. The van der Waals surface area contributed by atoms with Gasteiger partial charge >= 0.3 is 6.36 Å². The lowest BCUT2D eigenvalue weighted by Crippen LogP contribution is -2.47. The summed E-state index contributed by atoms with van der Waals surface area (Å²) in [4.78, 5) is 14.1. The number of fused-ring (bicyclic) bond motifs is 1. The number of sulfonamides is 1. The molecule has 1 aromatic heterocycles. The Morgan fingerprint density at radius 3 is 2.54 bits per heavy atom. The Labute approximate surface area is 202 Å². The molecule has 0 radical (unpaired) electrons. The highest BCUT2D eigenvalue weighted by atomic mass is 35.5. The highest BCUT2D eigenvalue weighted by Gasteiger charge is 2.33. The first-order valence-corrected chi connectivity index (χ1v) is 12.4. The summed E-state index contributed by atoms with van der Waals surface area (Å²) in [5, 5.41) is 5.05. The molecule has 1 aliphatic rings. The number of rotatable bonds is 6. The highest BCUT2D eigenvalue weighted by Crippen LogP contribution is 2.32. The van der Waals surface area contributed by atoms with E-state index in [-0.39, 0.29) is 11.1 Å². The van der Waals surface area contributed by atoms with Gasteiger partial charge in [-0.1, -0.05) is 11.6 Å². The van der Waals surface area contributed by atoms with Crippen molar-refractivity contribution in [3.05, 3.63) is 58.0 Å². The van der Waals surface area contributed by atoms with Gasteiger partial charge in [-0.3, -0.25) is 14.4 Å². The van der Waals surface area contributed by atoms with E-state index in [0.29, 0.717) is 41.8 Å². The van der Waals surface area contributed by atoms with E-state index in [2.05, 4.69) is 9.84 Å². The van der Waals surface area contributed by atoms with Gasteiger partial charge in [-0.15, -0.1) is 13.2 Å². The van der Waals surface area contributed by atoms with Crippen LogP contribution in [0.5, 0.6) is 5.75 Å². The van der Waals surface area contributed by atoms with Gasteiger partial charge in [0.25, 0.3) is 5.91 Å². The van der Waals surface area contributed by atoms with Crippen LogP contribution in [0.4, 0.5) is 17.6 Å². The number of aryl methyl sites for hydroxylation is 1. The summed E-state index contributed by atoms with van der Waals surface area (Å²) in [6.07, 6.45) is -4.04. The zero-order valence-electron chi connectivity index (χ0n) is 18.4. The molecule has 1 fully saturated rings. The molecule has 35 heavy (non-hydrogen) atoms. The average molecular weight is 535 g/mol. The fourth-order valence-corrected chi connectivity index (χ4v) is 4.67. The van der Waals surface area contributed by atoms with E-state index < -0.39 is 39.4 Å². The van der Waals surface area contributed by atoms with Crippen LogP contribution in [0, 0.1) is 12.7 Å².